The van der Waals surface area contributed by atoms with Crippen LogP contribution < -0.4 is 10.6 Å². The fourth-order valence-electron chi connectivity index (χ4n) is 3.84. The summed E-state index contributed by atoms with van der Waals surface area (Å²) in [7, 11) is 0. The van der Waals surface area contributed by atoms with Crippen LogP contribution in [0.1, 0.15) is 64.3 Å². The molecule has 0 bridgehead atoms. The van der Waals surface area contributed by atoms with Gasteiger partial charge in [-0.15, -0.1) is 0 Å². The van der Waals surface area contributed by atoms with Gasteiger partial charge in [-0.1, -0.05) is 42.0 Å². The number of nitrogens with zero attached hydrogens (tertiary/aromatic N) is 2. The zero-order chi connectivity index (χ0) is 28.7. The number of benzene rings is 2. The van der Waals surface area contributed by atoms with Crippen LogP contribution in [0.2, 0.25) is 0 Å². The van der Waals surface area contributed by atoms with Gasteiger partial charge in [0.05, 0.1) is 6.07 Å². The molecular weight excluding hydrogens is 484 g/mol. The molecule has 38 heavy (non-hydrogen) atoms. The van der Waals surface area contributed by atoms with Crippen LogP contribution >= 0.6 is 0 Å². The number of phenolic OH excluding ortho intramolecular Hbond substituents is 1. The summed E-state index contributed by atoms with van der Waals surface area (Å²) in [5.74, 6) is -1.02. The van der Waals surface area contributed by atoms with Crippen LogP contribution in [-0.4, -0.2) is 51.6 Å². The Hall–Kier alpha value is -4.06. The highest BCUT2D eigenvalue weighted by Crippen LogP contribution is 2.25. The van der Waals surface area contributed by atoms with Gasteiger partial charge in [-0.3, -0.25) is 9.59 Å². The average Bonchev–Trinajstić information content (AvgIpc) is 2.77. The Bertz CT molecular complexity index is 1170. The first kappa shape index (κ1) is 30.2. The normalized spacial score (nSPS) is 13.0. The third-order valence-corrected chi connectivity index (χ3v) is 5.31. The lowest BCUT2D eigenvalue weighted by molar-refractivity contribution is -0.142. The van der Waals surface area contributed by atoms with Gasteiger partial charge in [0, 0.05) is 12.0 Å². The molecule has 0 aliphatic carbocycles. The van der Waals surface area contributed by atoms with Crippen LogP contribution in [0.5, 0.6) is 5.75 Å². The summed E-state index contributed by atoms with van der Waals surface area (Å²) in [5.41, 5.74) is 0.671. The summed E-state index contributed by atoms with van der Waals surface area (Å²) in [4.78, 5) is 41.5. The molecule has 9 nitrogen and oxygen atoms in total. The first-order valence-electron chi connectivity index (χ1n) is 12.4. The Morgan fingerprint density at radius 3 is 2.21 bits per heavy atom. The lowest BCUT2D eigenvalue weighted by Crippen LogP contribution is -2.55. The minimum Gasteiger partial charge on any atom is -0.508 e. The monoisotopic (exact) mass is 522 g/mol. The van der Waals surface area contributed by atoms with E-state index >= 15 is 0 Å². The number of alkyl carbamates (subject to hydrolysis) is 1. The van der Waals surface area contributed by atoms with E-state index in [4.69, 9.17) is 4.74 Å². The molecule has 3 N–H and O–H groups in total. The van der Waals surface area contributed by atoms with E-state index < -0.39 is 47.7 Å². The van der Waals surface area contributed by atoms with Crippen LogP contribution in [0.4, 0.5) is 4.79 Å². The number of aromatic hydroxyl groups is 1. The molecule has 2 rings (SSSR count). The van der Waals surface area contributed by atoms with Crippen molar-refractivity contribution in [3.05, 3.63) is 65.2 Å². The molecule has 2 aromatic carbocycles. The minimum atomic E-state index is -1.16. The number of nitrogens with one attached hydrogen (secondary N) is 2. The molecule has 0 heterocycles. The number of hydrogen-bond acceptors (Lipinski definition) is 6. The molecule has 0 aliphatic heterocycles. The van der Waals surface area contributed by atoms with Crippen molar-refractivity contribution < 1.29 is 24.2 Å². The molecule has 204 valence electrons. The molecular formula is C29H38N4O5. The zero-order valence-electron chi connectivity index (χ0n) is 23.2. The number of rotatable bonds is 8. The second kappa shape index (κ2) is 12.5. The van der Waals surface area contributed by atoms with Crippen LogP contribution in [0.25, 0.3) is 0 Å². The Morgan fingerprint density at radius 2 is 1.68 bits per heavy atom. The summed E-state index contributed by atoms with van der Waals surface area (Å²) in [6.45, 7) is 12.1. The highest BCUT2D eigenvalue weighted by atomic mass is 16.6. The number of carbonyl (C=O) groups excluding carboxylic acids is 3. The molecule has 2 aromatic rings. The smallest absolute Gasteiger partial charge is 0.408 e. The van der Waals surface area contributed by atoms with E-state index in [2.05, 4.69) is 10.6 Å². The predicted molar refractivity (Wildman–Crippen MR) is 144 cm³/mol. The van der Waals surface area contributed by atoms with Gasteiger partial charge in [0.2, 0.25) is 11.8 Å². The molecule has 0 saturated heterocycles. The standard InChI is InChI=1S/C29H38N4O5/c1-19-9-8-10-21(17-19)24(25(35)32-28(2,3)4)33(16-15-30)26(36)23(31-27(37)38-29(5,6)7)18-20-11-13-22(34)14-12-20/h8-14,17,23-24,34H,16,18H2,1-7H3,(H,31,37)(H,32,35). The van der Waals surface area contributed by atoms with Crippen molar-refractivity contribution in [2.24, 2.45) is 0 Å². The molecule has 0 aromatic heterocycles. The lowest BCUT2D eigenvalue weighted by atomic mass is 9.98. The number of ether oxygens (including phenoxy) is 1. The SMILES string of the molecule is Cc1cccc(C(C(=O)NC(C)(C)C)N(CC#N)C(=O)C(Cc2ccc(O)cc2)NC(=O)OC(C)(C)C)c1. The Morgan fingerprint density at radius 1 is 1.05 bits per heavy atom. The van der Waals surface area contributed by atoms with Gasteiger partial charge in [-0.05, 0) is 71.7 Å². The van der Waals surface area contributed by atoms with Gasteiger partial charge < -0.3 is 25.4 Å². The third kappa shape index (κ3) is 9.43. The third-order valence-electron chi connectivity index (χ3n) is 5.31. The number of phenols is 1. The average molecular weight is 523 g/mol. The first-order valence-corrected chi connectivity index (χ1v) is 12.4. The van der Waals surface area contributed by atoms with E-state index in [1.165, 1.54) is 17.0 Å². The number of nitriles is 1. The number of aryl methyl sites for hydroxylation is 1. The number of hydrogen-bond donors (Lipinski definition) is 3. The van der Waals surface area contributed by atoms with Gasteiger partial charge in [0.25, 0.3) is 0 Å². The highest BCUT2D eigenvalue weighted by Gasteiger charge is 2.37. The van der Waals surface area contributed by atoms with E-state index in [1.807, 2.05) is 39.8 Å². The van der Waals surface area contributed by atoms with Crippen molar-refractivity contribution in [2.75, 3.05) is 6.54 Å². The molecule has 0 aliphatic rings. The maximum Gasteiger partial charge on any atom is 0.408 e. The first-order chi connectivity index (χ1) is 17.6. The van der Waals surface area contributed by atoms with Crippen LogP contribution in [0.15, 0.2) is 48.5 Å². The minimum absolute atomic E-state index is 0.0434. The predicted octanol–water partition coefficient (Wildman–Crippen LogP) is 4.14. The Kier molecular flexibility index (Phi) is 9.89. The molecule has 2 unspecified atom stereocenters. The molecule has 0 saturated carbocycles. The van der Waals surface area contributed by atoms with Crippen molar-refractivity contribution in [3.8, 4) is 11.8 Å². The van der Waals surface area contributed by atoms with Gasteiger partial charge in [-0.2, -0.15) is 5.26 Å². The van der Waals surface area contributed by atoms with E-state index in [-0.39, 0.29) is 12.2 Å². The molecule has 0 fully saturated rings. The van der Waals surface area contributed by atoms with Crippen LogP contribution in [0.3, 0.4) is 0 Å². The summed E-state index contributed by atoms with van der Waals surface area (Å²) in [5, 5.41) is 24.9. The van der Waals surface area contributed by atoms with Crippen molar-refractivity contribution in [1.29, 1.82) is 5.26 Å². The molecule has 2 atom stereocenters. The van der Waals surface area contributed by atoms with Gasteiger partial charge >= 0.3 is 6.09 Å². The summed E-state index contributed by atoms with van der Waals surface area (Å²) >= 11 is 0. The van der Waals surface area contributed by atoms with Crippen LogP contribution in [-0.2, 0) is 20.7 Å². The molecule has 3 amide bonds. The van der Waals surface area contributed by atoms with Gasteiger partial charge in [0.15, 0.2) is 0 Å². The van der Waals surface area contributed by atoms with E-state index in [0.29, 0.717) is 11.1 Å². The summed E-state index contributed by atoms with van der Waals surface area (Å²) in [6.07, 6.45) is -0.764. The molecule has 0 spiro atoms. The van der Waals surface area contributed by atoms with Crippen molar-refractivity contribution in [3.63, 3.8) is 0 Å². The van der Waals surface area contributed by atoms with E-state index in [9.17, 15) is 24.8 Å². The van der Waals surface area contributed by atoms with Crippen LogP contribution in [0, 0.1) is 18.3 Å². The fourth-order valence-corrected chi connectivity index (χ4v) is 3.84. The molecule has 0 radical (unpaired) electrons. The largest absolute Gasteiger partial charge is 0.508 e. The Balaban J connectivity index is 2.55. The van der Waals surface area contributed by atoms with Crippen molar-refractivity contribution in [1.82, 2.24) is 15.5 Å². The number of amides is 3. The van der Waals surface area contributed by atoms with Crippen molar-refractivity contribution >= 4 is 17.9 Å². The quantitative estimate of drug-likeness (QED) is 0.447. The summed E-state index contributed by atoms with van der Waals surface area (Å²) in [6, 6.07) is 13.1. The fraction of sp³-hybridized carbons (Fsp3) is 0.448. The van der Waals surface area contributed by atoms with Gasteiger partial charge in [-0.25, -0.2) is 4.79 Å². The Labute approximate surface area is 224 Å². The topological polar surface area (TPSA) is 132 Å². The maximum absolute atomic E-state index is 14.1. The second-order valence-corrected chi connectivity index (χ2v) is 11.2. The zero-order valence-corrected chi connectivity index (χ0v) is 23.2. The van der Waals surface area contributed by atoms with E-state index in [1.54, 1.807) is 51.1 Å². The van der Waals surface area contributed by atoms with E-state index in [0.717, 1.165) is 5.56 Å². The van der Waals surface area contributed by atoms with Gasteiger partial charge in [0.1, 0.15) is 30.0 Å². The maximum atomic E-state index is 14.1. The highest BCUT2D eigenvalue weighted by molar-refractivity contribution is 5.92. The van der Waals surface area contributed by atoms with Crippen molar-refractivity contribution in [2.45, 2.75) is 78.1 Å². The molecule has 9 heteroatoms. The number of carbonyl (C=O) groups is 3. The second-order valence-electron chi connectivity index (χ2n) is 11.2. The lowest BCUT2D eigenvalue weighted by Gasteiger charge is -2.34. The summed E-state index contributed by atoms with van der Waals surface area (Å²) < 4.78 is 5.38.